The van der Waals surface area contributed by atoms with Crippen LogP contribution in [0.15, 0.2) is 36.5 Å². The maximum absolute atomic E-state index is 12.3. The topological polar surface area (TPSA) is 193 Å². The average Bonchev–Trinajstić information content (AvgIpc) is 2.97. The number of carbonyl (C=O) groups is 3. The van der Waals surface area contributed by atoms with Gasteiger partial charge in [0.05, 0.1) is 36.1 Å². The average molecular weight is 695 g/mol. The Balaban J connectivity index is 0.000000687. The number of ether oxygens (including phenoxy) is 2. The van der Waals surface area contributed by atoms with Crippen molar-refractivity contribution < 1.29 is 65.5 Å². The minimum atomic E-state index is -5.08. The van der Waals surface area contributed by atoms with Gasteiger partial charge in [0.2, 0.25) is 0 Å². The van der Waals surface area contributed by atoms with Crippen LogP contribution in [0.3, 0.4) is 0 Å². The number of amides is 1. The van der Waals surface area contributed by atoms with Crippen LogP contribution in [0.4, 0.5) is 37.7 Å². The van der Waals surface area contributed by atoms with Crippen LogP contribution >= 0.6 is 0 Å². The first-order chi connectivity index (χ1) is 22.3. The van der Waals surface area contributed by atoms with Crippen molar-refractivity contribution >= 4 is 40.1 Å². The number of hydrogen-bond donors (Lipinski definition) is 6. The van der Waals surface area contributed by atoms with Crippen LogP contribution in [0.25, 0.3) is 10.9 Å². The number of anilines is 2. The number of benzene rings is 2. The van der Waals surface area contributed by atoms with Crippen molar-refractivity contribution in [3.63, 3.8) is 0 Å². The molecule has 3 aromatic rings. The number of aliphatic carboxylic acids is 2. The highest BCUT2D eigenvalue weighted by Gasteiger charge is 2.38. The number of aliphatic hydroxyl groups excluding tert-OH is 1. The number of pyridine rings is 1. The number of carboxylic acids is 2. The van der Waals surface area contributed by atoms with E-state index in [1.807, 2.05) is 38.1 Å². The number of alkyl halides is 6. The fourth-order valence-corrected chi connectivity index (χ4v) is 3.94. The molecule has 0 bridgehead atoms. The number of primary amides is 1. The highest BCUT2D eigenvalue weighted by Crippen LogP contribution is 2.38. The van der Waals surface area contributed by atoms with Crippen molar-refractivity contribution in [2.75, 3.05) is 25.1 Å². The zero-order chi connectivity index (χ0) is 36.8. The minimum absolute atomic E-state index is 0.291. The second kappa shape index (κ2) is 18.5. The fraction of sp³-hybridized carbons (Fsp3) is 0.400. The molecule has 1 atom stereocenters. The van der Waals surface area contributed by atoms with E-state index in [0.717, 1.165) is 23.2 Å². The van der Waals surface area contributed by atoms with E-state index in [1.54, 1.807) is 6.92 Å². The summed E-state index contributed by atoms with van der Waals surface area (Å²) in [7, 11) is 0. The molecule has 0 saturated heterocycles. The predicted octanol–water partition coefficient (Wildman–Crippen LogP) is 5.17. The third-order valence-corrected chi connectivity index (χ3v) is 5.93. The van der Waals surface area contributed by atoms with Crippen LogP contribution in [-0.2, 0) is 22.6 Å². The van der Waals surface area contributed by atoms with Gasteiger partial charge in [0, 0.05) is 36.4 Å². The summed E-state index contributed by atoms with van der Waals surface area (Å²) in [6, 6.07) is 9.65. The number of rotatable bonds is 12. The number of nitrogens with zero attached hydrogens (tertiary/aromatic N) is 1. The molecule has 48 heavy (non-hydrogen) atoms. The van der Waals surface area contributed by atoms with Gasteiger partial charge in [0.1, 0.15) is 0 Å². The lowest BCUT2D eigenvalue weighted by Crippen LogP contribution is -2.24. The second-order valence-corrected chi connectivity index (χ2v) is 9.60. The molecule has 3 rings (SSSR count). The van der Waals surface area contributed by atoms with Gasteiger partial charge >= 0.3 is 24.3 Å². The summed E-state index contributed by atoms with van der Waals surface area (Å²) < 4.78 is 75.0. The lowest BCUT2D eigenvalue weighted by molar-refractivity contribution is -0.193. The minimum Gasteiger partial charge on any atom is -0.490 e. The van der Waals surface area contributed by atoms with Gasteiger partial charge in [-0.15, -0.1) is 0 Å². The van der Waals surface area contributed by atoms with Crippen molar-refractivity contribution in [3.8, 4) is 11.5 Å². The fourth-order valence-electron chi connectivity index (χ4n) is 3.94. The summed E-state index contributed by atoms with van der Waals surface area (Å²) in [4.78, 5) is 34.6. The largest absolute Gasteiger partial charge is 0.490 e. The Morgan fingerprint density at radius 3 is 1.90 bits per heavy atom. The van der Waals surface area contributed by atoms with Crippen LogP contribution in [0, 0.1) is 0 Å². The number of aromatic nitrogens is 1. The molecule has 0 aliphatic rings. The number of halogens is 6. The maximum atomic E-state index is 12.3. The molecule has 0 spiro atoms. The Hall–Kier alpha value is -4.84. The first-order valence-electron chi connectivity index (χ1n) is 14.2. The molecule has 0 radical (unpaired) electrons. The Bertz CT molecular complexity index is 1520. The van der Waals surface area contributed by atoms with Crippen molar-refractivity contribution in [1.29, 1.82) is 0 Å². The van der Waals surface area contributed by atoms with E-state index in [0.29, 0.717) is 60.0 Å². The van der Waals surface area contributed by atoms with E-state index in [4.69, 9.17) is 35.0 Å². The molecular formula is C30H36F6N4O8. The van der Waals surface area contributed by atoms with Crippen LogP contribution in [0.1, 0.15) is 49.2 Å². The summed E-state index contributed by atoms with van der Waals surface area (Å²) in [5.74, 6) is -4.91. The molecule has 7 N–H and O–H groups in total. The number of carboxylic acid groups (broad SMARTS) is 2. The molecule has 0 saturated carbocycles. The predicted molar refractivity (Wildman–Crippen MR) is 162 cm³/mol. The van der Waals surface area contributed by atoms with Gasteiger partial charge < -0.3 is 41.2 Å². The van der Waals surface area contributed by atoms with Crippen LogP contribution in [-0.4, -0.2) is 76.4 Å². The first kappa shape index (κ1) is 41.2. The highest BCUT2D eigenvalue weighted by atomic mass is 19.4. The van der Waals surface area contributed by atoms with Gasteiger partial charge in [0.15, 0.2) is 11.5 Å². The van der Waals surface area contributed by atoms with E-state index in [2.05, 4.69) is 28.6 Å². The first-order valence-corrected chi connectivity index (χ1v) is 14.2. The Morgan fingerprint density at radius 2 is 1.46 bits per heavy atom. The molecule has 1 unspecified atom stereocenters. The smallest absolute Gasteiger partial charge is 0.490 e. The van der Waals surface area contributed by atoms with Crippen LogP contribution < -0.4 is 25.8 Å². The summed E-state index contributed by atoms with van der Waals surface area (Å²) in [6.07, 6.45) is -8.32. The number of fused-ring (bicyclic) bond motifs is 1. The van der Waals surface area contributed by atoms with Gasteiger partial charge in [-0.05, 0) is 50.5 Å². The summed E-state index contributed by atoms with van der Waals surface area (Å²) in [5.41, 5.74) is 10.3. The van der Waals surface area contributed by atoms with Gasteiger partial charge in [0.25, 0.3) is 5.91 Å². The van der Waals surface area contributed by atoms with Crippen molar-refractivity contribution in [3.05, 3.63) is 53.2 Å². The summed E-state index contributed by atoms with van der Waals surface area (Å²) in [6.45, 7) is 9.73. The molecular weight excluding hydrogens is 658 g/mol. The molecule has 266 valence electrons. The van der Waals surface area contributed by atoms with E-state index >= 15 is 0 Å². The van der Waals surface area contributed by atoms with Crippen molar-refractivity contribution in [1.82, 2.24) is 10.3 Å². The maximum Gasteiger partial charge on any atom is 0.490 e. The van der Waals surface area contributed by atoms with Gasteiger partial charge in [-0.25, -0.2) is 9.59 Å². The van der Waals surface area contributed by atoms with Gasteiger partial charge in [-0.2, -0.15) is 26.3 Å². The van der Waals surface area contributed by atoms with Crippen molar-refractivity contribution in [2.24, 2.45) is 5.73 Å². The normalized spacial score (nSPS) is 11.7. The lowest BCUT2D eigenvalue weighted by Gasteiger charge is -2.19. The molecule has 0 aliphatic heterocycles. The lowest BCUT2D eigenvalue weighted by atomic mass is 10.0. The zero-order valence-electron chi connectivity index (χ0n) is 26.3. The number of nitrogens with one attached hydrogen (secondary N) is 2. The summed E-state index contributed by atoms with van der Waals surface area (Å²) >= 11 is 0. The number of nitrogens with two attached hydrogens (primary N) is 1. The standard InChI is InChI=1S/C26H34N4O4.2C2HF3O2/c1-5-18-17(14-28-13-16(4)31)9-8-10-21(18)30-25-19-11-23(33-6-2)24(34-7-3)12-22(19)29-15-20(25)26(27)32;2*3-2(4,5)1(6)7/h8-12,15-16,28,31H,5-7,13-14H2,1-4H3,(H2,27,32)(H,29,30);2*(H,6,7). The van der Waals surface area contributed by atoms with Crippen LogP contribution in [0.5, 0.6) is 11.5 Å². The number of carbonyl (C=O) groups excluding carboxylic acids is 1. The van der Waals surface area contributed by atoms with E-state index in [1.165, 1.54) is 6.20 Å². The molecule has 0 aliphatic carbocycles. The monoisotopic (exact) mass is 694 g/mol. The molecule has 2 aromatic carbocycles. The molecule has 18 heteroatoms. The Labute approximate surface area is 270 Å². The second-order valence-electron chi connectivity index (χ2n) is 9.60. The quantitative estimate of drug-likeness (QED) is 0.137. The van der Waals surface area contributed by atoms with Gasteiger partial charge in [-0.1, -0.05) is 19.1 Å². The molecule has 0 fully saturated rings. The van der Waals surface area contributed by atoms with E-state index in [-0.39, 0.29) is 0 Å². The summed E-state index contributed by atoms with van der Waals surface area (Å²) in [5, 5.41) is 31.3. The Kier molecular flexibility index (Phi) is 15.9. The zero-order valence-corrected chi connectivity index (χ0v) is 26.3. The third kappa shape index (κ3) is 12.7. The van der Waals surface area contributed by atoms with Crippen molar-refractivity contribution in [2.45, 2.75) is 59.1 Å². The Morgan fingerprint density at radius 1 is 0.938 bits per heavy atom. The van der Waals surface area contributed by atoms with E-state index < -0.39 is 36.3 Å². The van der Waals surface area contributed by atoms with E-state index in [9.17, 15) is 36.2 Å². The SMILES string of the molecule is CCOc1cc2ncc(C(N)=O)c(Nc3cccc(CNCC(C)O)c3CC)c2cc1OCC.O=C(O)C(F)(F)F.O=C(O)C(F)(F)F. The molecule has 1 heterocycles. The number of hydrogen-bond acceptors (Lipinski definition) is 9. The van der Waals surface area contributed by atoms with Crippen LogP contribution in [0.2, 0.25) is 0 Å². The molecule has 1 amide bonds. The highest BCUT2D eigenvalue weighted by molar-refractivity contribution is 6.08. The third-order valence-electron chi connectivity index (χ3n) is 5.93. The molecule has 12 nitrogen and oxygen atoms in total. The molecule has 1 aromatic heterocycles. The van der Waals surface area contributed by atoms with Gasteiger partial charge in [-0.3, -0.25) is 9.78 Å². The number of aliphatic hydroxyl groups is 1.